The van der Waals surface area contributed by atoms with E-state index < -0.39 is 5.82 Å². The van der Waals surface area contributed by atoms with Gasteiger partial charge in [-0.15, -0.1) is 0 Å². The first-order valence-corrected chi connectivity index (χ1v) is 8.45. The highest BCUT2D eigenvalue weighted by molar-refractivity contribution is 5.94. The van der Waals surface area contributed by atoms with E-state index in [0.29, 0.717) is 25.3 Å². The molecule has 3 rings (SSSR count). The van der Waals surface area contributed by atoms with Crippen LogP contribution in [0.5, 0.6) is 5.75 Å². The number of carbonyl (C=O) groups excluding carboxylic acids is 1. The smallest absolute Gasteiger partial charge is 0.254 e. The van der Waals surface area contributed by atoms with Gasteiger partial charge in [0.2, 0.25) is 0 Å². The maximum Gasteiger partial charge on any atom is 0.254 e. The third-order valence-corrected chi connectivity index (χ3v) is 4.42. The van der Waals surface area contributed by atoms with Crippen LogP contribution in [0, 0.1) is 5.82 Å². The Morgan fingerprint density at radius 2 is 2.08 bits per heavy atom. The van der Waals surface area contributed by atoms with Crippen molar-refractivity contribution in [1.29, 1.82) is 0 Å². The van der Waals surface area contributed by atoms with Gasteiger partial charge in [0, 0.05) is 18.7 Å². The minimum Gasteiger partial charge on any atom is -0.494 e. The van der Waals surface area contributed by atoms with Crippen LogP contribution in [0.4, 0.5) is 4.39 Å². The van der Waals surface area contributed by atoms with E-state index in [4.69, 9.17) is 9.47 Å². The van der Waals surface area contributed by atoms with Gasteiger partial charge in [0.25, 0.3) is 5.91 Å². The van der Waals surface area contributed by atoms with E-state index >= 15 is 0 Å². The molecule has 2 aromatic rings. The zero-order valence-electron chi connectivity index (χ0n) is 14.3. The summed E-state index contributed by atoms with van der Waals surface area (Å²) in [5.41, 5.74) is 1.59. The Morgan fingerprint density at radius 1 is 1.28 bits per heavy atom. The number of aryl methyl sites for hydroxylation is 1. The van der Waals surface area contributed by atoms with Gasteiger partial charge in [0.1, 0.15) is 0 Å². The molecule has 5 heteroatoms. The molecule has 0 aromatic heterocycles. The highest BCUT2D eigenvalue weighted by Gasteiger charge is 2.25. The highest BCUT2D eigenvalue weighted by Crippen LogP contribution is 2.20. The van der Waals surface area contributed by atoms with Crippen LogP contribution in [0.15, 0.2) is 48.5 Å². The summed E-state index contributed by atoms with van der Waals surface area (Å²) in [6.07, 6.45) is 1.76. The average molecular weight is 343 g/mol. The third-order valence-electron chi connectivity index (χ3n) is 4.42. The molecule has 1 amide bonds. The lowest BCUT2D eigenvalue weighted by atomic mass is 10.1. The molecule has 0 radical (unpaired) electrons. The molecule has 0 aliphatic carbocycles. The summed E-state index contributed by atoms with van der Waals surface area (Å²) in [7, 11) is 1.40. The van der Waals surface area contributed by atoms with Gasteiger partial charge in [-0.1, -0.05) is 30.3 Å². The molecule has 4 nitrogen and oxygen atoms in total. The molecule has 1 atom stereocenters. The number of hydrogen-bond acceptors (Lipinski definition) is 3. The maximum atomic E-state index is 13.8. The Hall–Kier alpha value is -2.40. The van der Waals surface area contributed by atoms with Crippen LogP contribution in [0.2, 0.25) is 0 Å². The normalized spacial score (nSPS) is 17.4. The molecule has 2 aromatic carbocycles. The Kier molecular flexibility index (Phi) is 5.66. The molecular formula is C20H22FNO3. The fourth-order valence-electron chi connectivity index (χ4n) is 3.03. The largest absolute Gasteiger partial charge is 0.494 e. The van der Waals surface area contributed by atoms with E-state index in [1.54, 1.807) is 11.0 Å². The summed E-state index contributed by atoms with van der Waals surface area (Å²) >= 11 is 0. The van der Waals surface area contributed by atoms with Gasteiger partial charge in [-0.2, -0.15) is 0 Å². The predicted octanol–water partition coefficient (Wildman–Crippen LogP) is 3.31. The van der Waals surface area contributed by atoms with Gasteiger partial charge in [0.05, 0.1) is 19.8 Å². The van der Waals surface area contributed by atoms with Crippen LogP contribution in [0.25, 0.3) is 0 Å². The van der Waals surface area contributed by atoms with Crippen LogP contribution in [0.1, 0.15) is 22.3 Å². The quantitative estimate of drug-likeness (QED) is 0.836. The minimum atomic E-state index is -0.526. The number of carbonyl (C=O) groups is 1. The van der Waals surface area contributed by atoms with E-state index in [0.717, 1.165) is 12.8 Å². The van der Waals surface area contributed by atoms with E-state index in [9.17, 15) is 9.18 Å². The summed E-state index contributed by atoms with van der Waals surface area (Å²) in [6, 6.07) is 14.5. The van der Waals surface area contributed by atoms with Crippen LogP contribution in [-0.2, 0) is 11.2 Å². The Morgan fingerprint density at radius 3 is 2.80 bits per heavy atom. The number of ether oxygens (including phenoxy) is 2. The first-order chi connectivity index (χ1) is 12.2. The van der Waals surface area contributed by atoms with Crippen molar-refractivity contribution in [1.82, 2.24) is 4.90 Å². The molecule has 1 aliphatic heterocycles. The Labute approximate surface area is 147 Å². The van der Waals surface area contributed by atoms with Crippen molar-refractivity contribution in [3.8, 4) is 5.75 Å². The van der Waals surface area contributed by atoms with Gasteiger partial charge in [0.15, 0.2) is 11.6 Å². The van der Waals surface area contributed by atoms with E-state index in [-0.39, 0.29) is 17.8 Å². The van der Waals surface area contributed by atoms with Crippen molar-refractivity contribution in [2.45, 2.75) is 18.9 Å². The fraction of sp³-hybridized carbons (Fsp3) is 0.350. The van der Waals surface area contributed by atoms with Gasteiger partial charge in [-0.3, -0.25) is 4.79 Å². The number of rotatable bonds is 5. The molecular weight excluding hydrogens is 321 g/mol. The van der Waals surface area contributed by atoms with Crippen molar-refractivity contribution in [2.24, 2.45) is 0 Å². The average Bonchev–Trinajstić information content (AvgIpc) is 2.67. The van der Waals surface area contributed by atoms with E-state index in [2.05, 4.69) is 12.1 Å². The second kappa shape index (κ2) is 8.12. The summed E-state index contributed by atoms with van der Waals surface area (Å²) in [5, 5.41) is 0. The number of halogens is 1. The third kappa shape index (κ3) is 4.37. The SMILES string of the molecule is COc1ccc(C(=O)N2CCOC(CCc3ccccc3)C2)cc1F. The molecule has 0 saturated carbocycles. The zero-order valence-corrected chi connectivity index (χ0v) is 14.3. The van der Waals surface area contributed by atoms with Gasteiger partial charge < -0.3 is 14.4 Å². The van der Waals surface area contributed by atoms with Crippen molar-refractivity contribution in [3.05, 3.63) is 65.5 Å². The zero-order chi connectivity index (χ0) is 17.6. The number of morpholine rings is 1. The first kappa shape index (κ1) is 17.4. The molecule has 1 unspecified atom stereocenters. The predicted molar refractivity (Wildman–Crippen MR) is 93.4 cm³/mol. The molecule has 1 saturated heterocycles. The molecule has 1 heterocycles. The molecule has 25 heavy (non-hydrogen) atoms. The van der Waals surface area contributed by atoms with Crippen molar-refractivity contribution in [2.75, 3.05) is 26.8 Å². The molecule has 1 fully saturated rings. The van der Waals surface area contributed by atoms with Crippen molar-refractivity contribution in [3.63, 3.8) is 0 Å². The maximum absolute atomic E-state index is 13.8. The van der Waals surface area contributed by atoms with Gasteiger partial charge in [-0.25, -0.2) is 4.39 Å². The van der Waals surface area contributed by atoms with Gasteiger partial charge >= 0.3 is 0 Å². The van der Waals surface area contributed by atoms with Crippen molar-refractivity contribution >= 4 is 5.91 Å². The van der Waals surface area contributed by atoms with Gasteiger partial charge in [-0.05, 0) is 36.6 Å². The number of amides is 1. The summed E-state index contributed by atoms with van der Waals surface area (Å²) in [4.78, 5) is 14.4. The summed E-state index contributed by atoms with van der Waals surface area (Å²) < 4.78 is 24.5. The van der Waals surface area contributed by atoms with Crippen molar-refractivity contribution < 1.29 is 18.7 Å². The molecule has 1 aliphatic rings. The fourth-order valence-corrected chi connectivity index (χ4v) is 3.03. The van der Waals surface area contributed by atoms with Crippen LogP contribution >= 0.6 is 0 Å². The van der Waals surface area contributed by atoms with Crippen LogP contribution in [-0.4, -0.2) is 43.7 Å². The highest BCUT2D eigenvalue weighted by atomic mass is 19.1. The molecule has 0 bridgehead atoms. The molecule has 0 spiro atoms. The molecule has 132 valence electrons. The number of benzene rings is 2. The number of methoxy groups -OCH3 is 1. The lowest BCUT2D eigenvalue weighted by Crippen LogP contribution is -2.45. The lowest BCUT2D eigenvalue weighted by molar-refractivity contribution is -0.0246. The van der Waals surface area contributed by atoms with E-state index in [1.165, 1.54) is 24.8 Å². The monoisotopic (exact) mass is 343 g/mol. The second-order valence-electron chi connectivity index (χ2n) is 6.12. The Balaban J connectivity index is 1.60. The Bertz CT molecular complexity index is 720. The standard InChI is InChI=1S/C20H22FNO3/c1-24-19-10-8-16(13-18(19)21)20(23)22-11-12-25-17(14-22)9-7-15-5-3-2-4-6-15/h2-6,8,10,13,17H,7,9,11-12,14H2,1H3. The summed E-state index contributed by atoms with van der Waals surface area (Å²) in [5.74, 6) is -0.559. The second-order valence-corrected chi connectivity index (χ2v) is 6.12. The molecule has 0 N–H and O–H groups in total. The van der Waals surface area contributed by atoms with E-state index in [1.807, 2.05) is 18.2 Å². The minimum absolute atomic E-state index is 0.000927. The topological polar surface area (TPSA) is 38.8 Å². The lowest BCUT2D eigenvalue weighted by Gasteiger charge is -2.33. The summed E-state index contributed by atoms with van der Waals surface area (Å²) in [6.45, 7) is 1.55. The number of hydrogen-bond donors (Lipinski definition) is 0. The first-order valence-electron chi connectivity index (χ1n) is 8.45. The van der Waals surface area contributed by atoms with Crippen LogP contribution < -0.4 is 4.74 Å². The number of nitrogens with zero attached hydrogens (tertiary/aromatic N) is 1. The van der Waals surface area contributed by atoms with Crippen LogP contribution in [0.3, 0.4) is 0 Å².